The highest BCUT2D eigenvalue weighted by molar-refractivity contribution is 5.53. The van der Waals surface area contributed by atoms with Gasteiger partial charge < -0.3 is 5.32 Å². The Kier molecular flexibility index (Phi) is 3.21. The lowest BCUT2D eigenvalue weighted by Crippen LogP contribution is -2.24. The van der Waals surface area contributed by atoms with Crippen LogP contribution in [0.15, 0.2) is 30.5 Å². The molecule has 108 valence electrons. The summed E-state index contributed by atoms with van der Waals surface area (Å²) in [5, 5.41) is 16.8. The number of nitrogens with one attached hydrogen (secondary N) is 1. The van der Waals surface area contributed by atoms with Gasteiger partial charge in [0.1, 0.15) is 17.5 Å². The second-order valence-corrected chi connectivity index (χ2v) is 6.57. The van der Waals surface area contributed by atoms with Gasteiger partial charge in [0.2, 0.25) is 0 Å². The number of nitrogens with zero attached hydrogens (tertiary/aromatic N) is 3. The van der Waals surface area contributed by atoms with Gasteiger partial charge in [0.25, 0.3) is 0 Å². The predicted molar refractivity (Wildman–Crippen MR) is 83.3 cm³/mol. The zero-order valence-electron chi connectivity index (χ0n) is 12.7. The second-order valence-electron chi connectivity index (χ2n) is 6.57. The molecule has 1 aliphatic heterocycles. The Balaban J connectivity index is 1.96. The van der Waals surface area contributed by atoms with Crippen LogP contribution < -0.4 is 5.32 Å². The number of aromatic nitrogens is 2. The largest absolute Gasteiger partial charge is 0.369 e. The van der Waals surface area contributed by atoms with Gasteiger partial charge in [0, 0.05) is 6.54 Å². The molecule has 0 bridgehead atoms. The fourth-order valence-corrected chi connectivity index (χ4v) is 2.82. The predicted octanol–water partition coefficient (Wildman–Crippen LogP) is 3.46. The van der Waals surface area contributed by atoms with Crippen molar-refractivity contribution in [3.63, 3.8) is 0 Å². The topological polar surface area (TPSA) is 53.6 Å². The first-order valence-corrected chi connectivity index (χ1v) is 7.32. The molecule has 4 heteroatoms. The summed E-state index contributed by atoms with van der Waals surface area (Å²) in [4.78, 5) is 0. The van der Waals surface area contributed by atoms with Crippen LogP contribution in [0.5, 0.6) is 0 Å². The normalized spacial score (nSPS) is 17.7. The molecule has 1 atom stereocenters. The van der Waals surface area contributed by atoms with Crippen LogP contribution >= 0.6 is 0 Å². The maximum absolute atomic E-state index is 9.12. The van der Waals surface area contributed by atoms with Crippen molar-refractivity contribution in [3.05, 3.63) is 47.2 Å². The summed E-state index contributed by atoms with van der Waals surface area (Å²) in [6, 6.07) is 11.2. The fraction of sp³-hybridized carbons (Fsp3) is 0.412. The lowest BCUT2D eigenvalue weighted by Gasteiger charge is -2.27. The Labute approximate surface area is 125 Å². The monoisotopic (exact) mass is 280 g/mol. The van der Waals surface area contributed by atoms with Gasteiger partial charge in [-0.2, -0.15) is 10.4 Å². The van der Waals surface area contributed by atoms with Crippen LogP contribution in [0.1, 0.15) is 49.9 Å². The SMILES string of the molecule is CC(C)(C)c1ccc([C@H]2CCNc3c(C#N)cnn32)cc1. The number of hydrogen-bond acceptors (Lipinski definition) is 3. The van der Waals surface area contributed by atoms with E-state index in [1.54, 1.807) is 6.20 Å². The zero-order valence-corrected chi connectivity index (χ0v) is 12.7. The maximum Gasteiger partial charge on any atom is 0.143 e. The van der Waals surface area contributed by atoms with Crippen LogP contribution in [-0.4, -0.2) is 16.3 Å². The van der Waals surface area contributed by atoms with Crippen molar-refractivity contribution in [2.24, 2.45) is 0 Å². The maximum atomic E-state index is 9.12. The smallest absolute Gasteiger partial charge is 0.143 e. The highest BCUT2D eigenvalue weighted by atomic mass is 15.4. The van der Waals surface area contributed by atoms with Crippen molar-refractivity contribution in [2.75, 3.05) is 11.9 Å². The minimum absolute atomic E-state index is 0.164. The van der Waals surface area contributed by atoms with Crippen molar-refractivity contribution >= 4 is 5.82 Å². The second kappa shape index (κ2) is 4.92. The average molecular weight is 280 g/mol. The molecule has 1 aliphatic rings. The first kappa shape index (κ1) is 13.7. The van der Waals surface area contributed by atoms with Gasteiger partial charge in [0.15, 0.2) is 0 Å². The van der Waals surface area contributed by atoms with Gasteiger partial charge in [-0.25, -0.2) is 4.68 Å². The standard InChI is InChI=1S/C17H20N4/c1-17(2,3)14-6-4-12(5-7-14)15-8-9-19-16-13(10-18)11-20-21(15)16/h4-7,11,15,19H,8-9H2,1-3H3/t15-/m1/s1. The molecule has 3 rings (SSSR count). The Morgan fingerprint density at radius 3 is 2.62 bits per heavy atom. The van der Waals surface area contributed by atoms with Gasteiger partial charge >= 0.3 is 0 Å². The van der Waals surface area contributed by atoms with Crippen molar-refractivity contribution in [2.45, 2.75) is 38.6 Å². The first-order valence-electron chi connectivity index (χ1n) is 7.32. The summed E-state index contributed by atoms with van der Waals surface area (Å²) < 4.78 is 1.94. The molecule has 2 aromatic rings. The van der Waals surface area contributed by atoms with E-state index in [0.29, 0.717) is 5.56 Å². The van der Waals surface area contributed by atoms with Crippen molar-refractivity contribution < 1.29 is 0 Å². The van der Waals surface area contributed by atoms with E-state index in [0.717, 1.165) is 18.8 Å². The Hall–Kier alpha value is -2.28. The fourth-order valence-electron chi connectivity index (χ4n) is 2.82. The highest BCUT2D eigenvalue weighted by Crippen LogP contribution is 2.32. The molecule has 0 fully saturated rings. The van der Waals surface area contributed by atoms with E-state index in [9.17, 15) is 0 Å². The quantitative estimate of drug-likeness (QED) is 0.870. The van der Waals surface area contributed by atoms with Crippen LogP contribution in [0.25, 0.3) is 0 Å². The van der Waals surface area contributed by atoms with Crippen LogP contribution in [0.3, 0.4) is 0 Å². The van der Waals surface area contributed by atoms with Crippen LogP contribution in [-0.2, 0) is 5.41 Å². The third kappa shape index (κ3) is 2.40. The van der Waals surface area contributed by atoms with E-state index in [-0.39, 0.29) is 11.5 Å². The summed E-state index contributed by atoms with van der Waals surface area (Å²) in [6.07, 6.45) is 2.62. The molecule has 1 N–H and O–H groups in total. The van der Waals surface area contributed by atoms with Gasteiger partial charge in [-0.05, 0) is 23.0 Å². The number of nitriles is 1. The molecule has 4 nitrogen and oxygen atoms in total. The third-order valence-electron chi connectivity index (χ3n) is 4.08. The molecule has 0 radical (unpaired) electrons. The molecule has 0 saturated heterocycles. The molecular weight excluding hydrogens is 260 g/mol. The van der Waals surface area contributed by atoms with E-state index in [1.165, 1.54) is 11.1 Å². The average Bonchev–Trinajstić information content (AvgIpc) is 2.89. The van der Waals surface area contributed by atoms with Gasteiger partial charge in [-0.1, -0.05) is 45.0 Å². The van der Waals surface area contributed by atoms with E-state index < -0.39 is 0 Å². The number of benzene rings is 1. The van der Waals surface area contributed by atoms with E-state index in [1.807, 2.05) is 4.68 Å². The van der Waals surface area contributed by atoms with Crippen molar-refractivity contribution in [3.8, 4) is 6.07 Å². The molecule has 0 amide bonds. The molecule has 0 spiro atoms. The summed E-state index contributed by atoms with van der Waals surface area (Å²) in [5.41, 5.74) is 3.36. The van der Waals surface area contributed by atoms with E-state index in [2.05, 4.69) is 61.5 Å². The van der Waals surface area contributed by atoms with Crippen molar-refractivity contribution in [1.82, 2.24) is 9.78 Å². The lowest BCUT2D eigenvalue weighted by molar-refractivity contribution is 0.481. The summed E-state index contributed by atoms with van der Waals surface area (Å²) in [7, 11) is 0. The summed E-state index contributed by atoms with van der Waals surface area (Å²) in [6.45, 7) is 7.53. The van der Waals surface area contributed by atoms with Gasteiger partial charge in [-0.15, -0.1) is 0 Å². The minimum Gasteiger partial charge on any atom is -0.369 e. The summed E-state index contributed by atoms with van der Waals surface area (Å²) >= 11 is 0. The van der Waals surface area contributed by atoms with Crippen molar-refractivity contribution in [1.29, 1.82) is 5.26 Å². The van der Waals surface area contributed by atoms with Crippen LogP contribution in [0, 0.1) is 11.3 Å². The Morgan fingerprint density at radius 2 is 2.00 bits per heavy atom. The van der Waals surface area contributed by atoms with E-state index in [4.69, 9.17) is 5.26 Å². The first-order chi connectivity index (χ1) is 10.0. The summed E-state index contributed by atoms with van der Waals surface area (Å²) in [5.74, 6) is 0.841. The number of fused-ring (bicyclic) bond motifs is 1. The Bertz CT molecular complexity index is 683. The molecule has 0 saturated carbocycles. The number of anilines is 1. The van der Waals surface area contributed by atoms with Gasteiger partial charge in [0.05, 0.1) is 12.2 Å². The molecule has 0 aliphatic carbocycles. The number of rotatable bonds is 1. The highest BCUT2D eigenvalue weighted by Gasteiger charge is 2.24. The molecule has 1 aromatic heterocycles. The van der Waals surface area contributed by atoms with Crippen LogP contribution in [0.2, 0.25) is 0 Å². The third-order valence-corrected chi connectivity index (χ3v) is 4.08. The van der Waals surface area contributed by atoms with Crippen LogP contribution in [0.4, 0.5) is 5.82 Å². The lowest BCUT2D eigenvalue weighted by atomic mass is 9.86. The Morgan fingerprint density at radius 1 is 1.29 bits per heavy atom. The number of hydrogen-bond donors (Lipinski definition) is 1. The molecule has 21 heavy (non-hydrogen) atoms. The van der Waals surface area contributed by atoms with E-state index >= 15 is 0 Å². The zero-order chi connectivity index (χ0) is 15.0. The molecular formula is C17H20N4. The van der Waals surface area contributed by atoms with Gasteiger partial charge in [-0.3, -0.25) is 0 Å². The molecule has 2 heterocycles. The minimum atomic E-state index is 0.164. The molecule has 0 unspecified atom stereocenters. The molecule has 1 aromatic carbocycles.